The number of nitrogens with two attached hydrogens (primary N) is 1. The summed E-state index contributed by atoms with van der Waals surface area (Å²) < 4.78 is 5.26. The summed E-state index contributed by atoms with van der Waals surface area (Å²) in [5.74, 6) is 1.71. The minimum absolute atomic E-state index is 0.370. The molecule has 0 bridgehead atoms. The average Bonchev–Trinajstić information content (AvgIpc) is 3.06. The van der Waals surface area contributed by atoms with Crippen LogP contribution in [0.3, 0.4) is 0 Å². The van der Waals surface area contributed by atoms with Crippen LogP contribution < -0.4 is 16.4 Å². The van der Waals surface area contributed by atoms with E-state index in [1.807, 2.05) is 12.1 Å². The predicted octanol–water partition coefficient (Wildman–Crippen LogP) is 4.31. The molecular formula is C15H13Cl2N5O. The Bertz CT molecular complexity index is 808. The molecule has 3 aromatic rings. The van der Waals surface area contributed by atoms with Gasteiger partial charge in [0.05, 0.1) is 28.5 Å². The van der Waals surface area contributed by atoms with Crippen molar-refractivity contribution < 1.29 is 4.42 Å². The van der Waals surface area contributed by atoms with Crippen molar-refractivity contribution in [3.05, 3.63) is 58.7 Å². The van der Waals surface area contributed by atoms with Crippen molar-refractivity contribution >= 4 is 46.2 Å². The molecule has 0 aliphatic rings. The molecule has 0 amide bonds. The van der Waals surface area contributed by atoms with E-state index in [-0.39, 0.29) is 0 Å². The second-order valence-corrected chi connectivity index (χ2v) is 5.43. The normalized spacial score (nSPS) is 10.5. The lowest BCUT2D eigenvalue weighted by Gasteiger charge is -2.13. The molecule has 1 aromatic carbocycles. The SMILES string of the molecule is Nc1c(NCc2ccco2)ncnc1Nc1cccc(Cl)c1Cl. The molecule has 0 atom stereocenters. The second kappa shape index (κ2) is 6.76. The van der Waals surface area contributed by atoms with Crippen LogP contribution in [0.4, 0.5) is 23.0 Å². The van der Waals surface area contributed by atoms with Crippen molar-refractivity contribution in [2.45, 2.75) is 6.54 Å². The van der Waals surface area contributed by atoms with Crippen molar-refractivity contribution in [2.24, 2.45) is 0 Å². The Morgan fingerprint density at radius 2 is 1.91 bits per heavy atom. The minimum atomic E-state index is 0.370. The zero-order valence-electron chi connectivity index (χ0n) is 11.9. The Balaban J connectivity index is 1.80. The van der Waals surface area contributed by atoms with Crippen molar-refractivity contribution in [1.29, 1.82) is 0 Å². The number of anilines is 4. The molecule has 0 saturated heterocycles. The van der Waals surface area contributed by atoms with Crippen LogP contribution in [0.25, 0.3) is 0 Å². The maximum atomic E-state index is 6.16. The first-order chi connectivity index (χ1) is 11.1. The fourth-order valence-corrected chi connectivity index (χ4v) is 2.30. The number of nitrogen functional groups attached to an aromatic ring is 1. The number of nitrogens with zero attached hydrogens (tertiary/aromatic N) is 2. The molecule has 3 rings (SSSR count). The van der Waals surface area contributed by atoms with Gasteiger partial charge in [-0.05, 0) is 24.3 Å². The number of aromatic nitrogens is 2. The van der Waals surface area contributed by atoms with Gasteiger partial charge in [-0.3, -0.25) is 0 Å². The van der Waals surface area contributed by atoms with Crippen LogP contribution in [-0.4, -0.2) is 9.97 Å². The fraction of sp³-hybridized carbons (Fsp3) is 0.0667. The third-order valence-electron chi connectivity index (χ3n) is 3.10. The van der Waals surface area contributed by atoms with E-state index in [0.29, 0.717) is 39.6 Å². The molecule has 6 nitrogen and oxygen atoms in total. The number of benzene rings is 1. The van der Waals surface area contributed by atoms with Gasteiger partial charge in [-0.25, -0.2) is 9.97 Å². The van der Waals surface area contributed by atoms with Crippen LogP contribution >= 0.6 is 23.2 Å². The van der Waals surface area contributed by atoms with Gasteiger partial charge in [-0.2, -0.15) is 0 Å². The molecular weight excluding hydrogens is 337 g/mol. The van der Waals surface area contributed by atoms with E-state index in [1.54, 1.807) is 24.5 Å². The quantitative estimate of drug-likeness (QED) is 0.635. The predicted molar refractivity (Wildman–Crippen MR) is 92.2 cm³/mol. The van der Waals surface area contributed by atoms with Gasteiger partial charge in [-0.15, -0.1) is 0 Å². The lowest BCUT2D eigenvalue weighted by molar-refractivity contribution is 0.518. The first-order valence-corrected chi connectivity index (χ1v) is 7.48. The van der Waals surface area contributed by atoms with Gasteiger partial charge < -0.3 is 20.8 Å². The van der Waals surface area contributed by atoms with E-state index in [2.05, 4.69) is 20.6 Å². The van der Waals surface area contributed by atoms with E-state index in [4.69, 9.17) is 33.4 Å². The number of rotatable bonds is 5. The van der Waals surface area contributed by atoms with Crippen molar-refractivity contribution in [3.8, 4) is 0 Å². The standard InChI is InChI=1S/C15H13Cl2N5O/c16-10-4-1-5-11(12(10)17)22-15-13(18)14(20-8-21-15)19-7-9-3-2-6-23-9/h1-6,8H,7,18H2,(H2,19,20,21,22). The lowest BCUT2D eigenvalue weighted by Crippen LogP contribution is -2.08. The van der Waals surface area contributed by atoms with E-state index in [9.17, 15) is 0 Å². The molecule has 4 N–H and O–H groups in total. The molecule has 0 spiro atoms. The van der Waals surface area contributed by atoms with Crippen molar-refractivity contribution in [1.82, 2.24) is 9.97 Å². The lowest BCUT2D eigenvalue weighted by atomic mass is 10.3. The summed E-state index contributed by atoms with van der Waals surface area (Å²) in [6, 6.07) is 8.94. The van der Waals surface area contributed by atoms with E-state index in [0.717, 1.165) is 5.76 Å². The van der Waals surface area contributed by atoms with E-state index in [1.165, 1.54) is 6.33 Å². The van der Waals surface area contributed by atoms with Crippen LogP contribution in [0, 0.1) is 0 Å². The zero-order chi connectivity index (χ0) is 16.2. The summed E-state index contributed by atoms with van der Waals surface area (Å²) >= 11 is 12.2. The molecule has 23 heavy (non-hydrogen) atoms. The fourth-order valence-electron chi connectivity index (χ4n) is 1.95. The highest BCUT2D eigenvalue weighted by molar-refractivity contribution is 6.43. The van der Waals surface area contributed by atoms with Crippen molar-refractivity contribution in [3.63, 3.8) is 0 Å². The summed E-state index contributed by atoms with van der Waals surface area (Å²) in [7, 11) is 0. The molecule has 0 fully saturated rings. The molecule has 8 heteroatoms. The molecule has 118 valence electrons. The first kappa shape index (κ1) is 15.5. The number of halogens is 2. The monoisotopic (exact) mass is 349 g/mol. The van der Waals surface area contributed by atoms with Gasteiger partial charge in [-0.1, -0.05) is 29.3 Å². The molecule has 0 aliphatic heterocycles. The Morgan fingerprint density at radius 1 is 1.09 bits per heavy atom. The van der Waals surface area contributed by atoms with Crippen LogP contribution in [0.5, 0.6) is 0 Å². The summed E-state index contributed by atoms with van der Waals surface area (Å²) in [6.07, 6.45) is 3.01. The Kier molecular flexibility index (Phi) is 4.55. The van der Waals surface area contributed by atoms with Crippen molar-refractivity contribution in [2.75, 3.05) is 16.4 Å². The Hall–Kier alpha value is -2.44. The molecule has 0 radical (unpaired) electrons. The van der Waals surface area contributed by atoms with Crippen LogP contribution in [0.2, 0.25) is 10.0 Å². The summed E-state index contributed by atoms with van der Waals surface area (Å²) in [5.41, 5.74) is 7.09. The minimum Gasteiger partial charge on any atom is -0.467 e. The molecule has 0 saturated carbocycles. The van der Waals surface area contributed by atoms with Gasteiger partial charge in [0.2, 0.25) is 0 Å². The maximum Gasteiger partial charge on any atom is 0.159 e. The number of nitrogens with one attached hydrogen (secondary N) is 2. The number of furan rings is 1. The smallest absolute Gasteiger partial charge is 0.159 e. The van der Waals surface area contributed by atoms with E-state index >= 15 is 0 Å². The van der Waals surface area contributed by atoms with Crippen LogP contribution in [-0.2, 0) is 6.54 Å². The first-order valence-electron chi connectivity index (χ1n) is 6.73. The molecule has 2 aromatic heterocycles. The van der Waals surface area contributed by atoms with Gasteiger partial charge >= 0.3 is 0 Å². The highest BCUT2D eigenvalue weighted by atomic mass is 35.5. The largest absolute Gasteiger partial charge is 0.467 e. The second-order valence-electron chi connectivity index (χ2n) is 4.64. The average molecular weight is 350 g/mol. The van der Waals surface area contributed by atoms with E-state index < -0.39 is 0 Å². The highest BCUT2D eigenvalue weighted by Gasteiger charge is 2.11. The highest BCUT2D eigenvalue weighted by Crippen LogP contribution is 2.33. The third kappa shape index (κ3) is 3.49. The third-order valence-corrected chi connectivity index (χ3v) is 3.92. The molecule has 0 aliphatic carbocycles. The van der Waals surface area contributed by atoms with Gasteiger partial charge in [0.15, 0.2) is 11.6 Å². The zero-order valence-corrected chi connectivity index (χ0v) is 13.4. The Morgan fingerprint density at radius 3 is 2.70 bits per heavy atom. The molecule has 0 unspecified atom stereocenters. The van der Waals surface area contributed by atoms with Gasteiger partial charge in [0, 0.05) is 0 Å². The van der Waals surface area contributed by atoms with Crippen LogP contribution in [0.15, 0.2) is 47.3 Å². The molecule has 2 heterocycles. The summed E-state index contributed by atoms with van der Waals surface area (Å²) in [6.45, 7) is 0.464. The van der Waals surface area contributed by atoms with Gasteiger partial charge in [0.1, 0.15) is 17.8 Å². The summed E-state index contributed by atoms with van der Waals surface area (Å²) in [4.78, 5) is 8.27. The number of hydrogen-bond acceptors (Lipinski definition) is 6. The topological polar surface area (TPSA) is 89.0 Å². The number of hydrogen-bond donors (Lipinski definition) is 3. The van der Waals surface area contributed by atoms with Gasteiger partial charge in [0.25, 0.3) is 0 Å². The maximum absolute atomic E-state index is 6.16. The van der Waals surface area contributed by atoms with Crippen LogP contribution in [0.1, 0.15) is 5.76 Å². The Labute approximate surface area is 142 Å². The summed E-state index contributed by atoms with van der Waals surface area (Å²) in [5, 5.41) is 7.00.